The van der Waals surface area contributed by atoms with E-state index < -0.39 is 0 Å². The summed E-state index contributed by atoms with van der Waals surface area (Å²) in [6.45, 7) is 4.33. The van der Waals surface area contributed by atoms with Gasteiger partial charge in [-0.15, -0.1) is 17.9 Å². The first-order valence-corrected chi connectivity index (χ1v) is 9.31. The number of benzene rings is 1. The smallest absolute Gasteiger partial charge is 0.206 e. The Bertz CT molecular complexity index is 812. The molecule has 1 aromatic heterocycles. The minimum Gasteiger partial charge on any atom is -0.253 e. The van der Waals surface area contributed by atoms with Crippen molar-refractivity contribution in [3.05, 3.63) is 64.3 Å². The van der Waals surface area contributed by atoms with Crippen LogP contribution in [0.15, 0.2) is 64.5 Å². The summed E-state index contributed by atoms with van der Waals surface area (Å²) in [6.07, 6.45) is 11.7. The summed E-state index contributed by atoms with van der Waals surface area (Å²) in [7, 11) is 0. The third-order valence-electron chi connectivity index (χ3n) is 3.88. The van der Waals surface area contributed by atoms with Crippen LogP contribution in [-0.2, 0) is 0 Å². The van der Waals surface area contributed by atoms with Crippen LogP contribution in [0.2, 0.25) is 5.02 Å². The number of hydrogen-bond donors (Lipinski definition) is 0. The first-order chi connectivity index (χ1) is 11.8. The SMILES string of the molecule is C=CCN=c1scc(-c2ccc(Cl)cc2)n1N=CC1CC=CCC1. The Balaban J connectivity index is 1.98. The van der Waals surface area contributed by atoms with E-state index in [2.05, 4.69) is 35.3 Å². The van der Waals surface area contributed by atoms with Gasteiger partial charge in [0, 0.05) is 22.2 Å². The van der Waals surface area contributed by atoms with Crippen molar-refractivity contribution in [1.82, 2.24) is 4.68 Å². The van der Waals surface area contributed by atoms with Gasteiger partial charge in [0.05, 0.1) is 12.2 Å². The van der Waals surface area contributed by atoms with Gasteiger partial charge in [-0.3, -0.25) is 4.99 Å². The predicted molar refractivity (Wildman–Crippen MR) is 104 cm³/mol. The highest BCUT2D eigenvalue weighted by atomic mass is 35.5. The summed E-state index contributed by atoms with van der Waals surface area (Å²) < 4.78 is 1.93. The molecule has 0 radical (unpaired) electrons. The van der Waals surface area contributed by atoms with E-state index in [0.717, 1.165) is 40.3 Å². The highest BCUT2D eigenvalue weighted by Gasteiger charge is 2.10. The molecule has 1 aliphatic rings. The second-order valence-electron chi connectivity index (χ2n) is 5.66. The fourth-order valence-electron chi connectivity index (χ4n) is 2.59. The highest BCUT2D eigenvalue weighted by molar-refractivity contribution is 7.07. The summed E-state index contributed by atoms with van der Waals surface area (Å²) in [5.74, 6) is 0.493. The van der Waals surface area contributed by atoms with Crippen LogP contribution in [0.25, 0.3) is 11.3 Å². The lowest BCUT2D eigenvalue weighted by molar-refractivity contribution is 0.621. The zero-order valence-corrected chi connectivity index (χ0v) is 15.0. The Hall–Kier alpha value is -1.91. The van der Waals surface area contributed by atoms with Crippen LogP contribution in [0, 0.1) is 5.92 Å². The molecule has 24 heavy (non-hydrogen) atoms. The second kappa shape index (κ2) is 8.27. The van der Waals surface area contributed by atoms with Crippen LogP contribution in [-0.4, -0.2) is 17.4 Å². The molecule has 0 N–H and O–H groups in total. The molecule has 0 saturated carbocycles. The van der Waals surface area contributed by atoms with Crippen molar-refractivity contribution in [2.24, 2.45) is 16.0 Å². The van der Waals surface area contributed by atoms with Gasteiger partial charge in [-0.1, -0.05) is 42.0 Å². The number of halogens is 1. The minimum absolute atomic E-state index is 0.493. The van der Waals surface area contributed by atoms with Gasteiger partial charge in [-0.25, -0.2) is 4.68 Å². The largest absolute Gasteiger partial charge is 0.253 e. The molecular weight excluding hydrogens is 338 g/mol. The average molecular weight is 358 g/mol. The van der Waals surface area contributed by atoms with E-state index >= 15 is 0 Å². The molecule has 1 atom stereocenters. The summed E-state index contributed by atoms with van der Waals surface area (Å²) >= 11 is 7.60. The first-order valence-electron chi connectivity index (χ1n) is 8.05. The second-order valence-corrected chi connectivity index (χ2v) is 6.93. The quantitative estimate of drug-likeness (QED) is 0.523. The maximum atomic E-state index is 6.01. The van der Waals surface area contributed by atoms with E-state index in [1.165, 1.54) is 0 Å². The summed E-state index contributed by atoms with van der Waals surface area (Å²) in [6, 6.07) is 7.82. The van der Waals surface area contributed by atoms with Gasteiger partial charge in [-0.2, -0.15) is 5.10 Å². The van der Waals surface area contributed by atoms with Crippen LogP contribution in [0.5, 0.6) is 0 Å². The Labute approximate surface area is 151 Å². The number of thiazole rings is 1. The van der Waals surface area contributed by atoms with Crippen LogP contribution in [0.4, 0.5) is 0 Å². The monoisotopic (exact) mass is 357 g/mol. The Kier molecular flexibility index (Phi) is 5.83. The minimum atomic E-state index is 0.493. The van der Waals surface area contributed by atoms with E-state index in [1.807, 2.05) is 28.9 Å². The molecule has 1 unspecified atom stereocenters. The zero-order chi connectivity index (χ0) is 16.8. The zero-order valence-electron chi connectivity index (χ0n) is 13.4. The Morgan fingerprint density at radius 2 is 2.12 bits per heavy atom. The predicted octanol–water partition coefficient (Wildman–Crippen LogP) is 5.15. The van der Waals surface area contributed by atoms with E-state index in [4.69, 9.17) is 16.7 Å². The molecule has 1 heterocycles. The van der Waals surface area contributed by atoms with Crippen molar-refractivity contribution < 1.29 is 0 Å². The van der Waals surface area contributed by atoms with E-state index in [1.54, 1.807) is 17.4 Å². The summed E-state index contributed by atoms with van der Waals surface area (Å²) in [5.41, 5.74) is 2.11. The van der Waals surface area contributed by atoms with Gasteiger partial charge in [0.1, 0.15) is 0 Å². The van der Waals surface area contributed by atoms with Crippen molar-refractivity contribution in [2.75, 3.05) is 6.54 Å². The molecule has 2 aromatic rings. The van der Waals surface area contributed by atoms with Crippen LogP contribution < -0.4 is 4.80 Å². The number of nitrogens with zero attached hydrogens (tertiary/aromatic N) is 3. The summed E-state index contributed by atoms with van der Waals surface area (Å²) in [4.78, 5) is 5.44. The van der Waals surface area contributed by atoms with Crippen molar-refractivity contribution in [1.29, 1.82) is 0 Å². The summed E-state index contributed by atoms with van der Waals surface area (Å²) in [5, 5.41) is 7.57. The lowest BCUT2D eigenvalue weighted by Crippen LogP contribution is -2.14. The Morgan fingerprint density at radius 3 is 2.83 bits per heavy atom. The molecule has 0 saturated heterocycles. The van der Waals surface area contributed by atoms with Gasteiger partial charge >= 0.3 is 0 Å². The van der Waals surface area contributed by atoms with Gasteiger partial charge in [0.2, 0.25) is 4.80 Å². The van der Waals surface area contributed by atoms with Gasteiger partial charge in [-0.05, 0) is 37.3 Å². The molecule has 1 aromatic carbocycles. The van der Waals surface area contributed by atoms with Gasteiger partial charge in [0.15, 0.2) is 0 Å². The van der Waals surface area contributed by atoms with Crippen molar-refractivity contribution in [3.63, 3.8) is 0 Å². The standard InChI is InChI=1S/C19H20ClN3S/c1-2-12-21-19-23(22-13-15-6-4-3-5-7-15)18(14-24-19)16-8-10-17(20)11-9-16/h2-4,8-11,13-15H,1,5-7,12H2. The molecule has 0 amide bonds. The van der Waals surface area contributed by atoms with E-state index in [9.17, 15) is 0 Å². The van der Waals surface area contributed by atoms with Gasteiger partial charge in [0.25, 0.3) is 0 Å². The lowest BCUT2D eigenvalue weighted by atomic mass is 9.96. The highest BCUT2D eigenvalue weighted by Crippen LogP contribution is 2.23. The van der Waals surface area contributed by atoms with E-state index in [0.29, 0.717) is 12.5 Å². The van der Waals surface area contributed by atoms with E-state index in [-0.39, 0.29) is 0 Å². The van der Waals surface area contributed by atoms with Crippen LogP contribution in [0.3, 0.4) is 0 Å². The van der Waals surface area contributed by atoms with Crippen molar-refractivity contribution in [3.8, 4) is 11.3 Å². The third-order valence-corrected chi connectivity index (χ3v) is 4.99. The van der Waals surface area contributed by atoms with Crippen LogP contribution >= 0.6 is 22.9 Å². The molecule has 3 nitrogen and oxygen atoms in total. The molecule has 5 heteroatoms. The number of rotatable bonds is 5. The molecule has 0 aliphatic heterocycles. The fraction of sp³-hybridized carbons (Fsp3) is 0.263. The maximum Gasteiger partial charge on any atom is 0.206 e. The Morgan fingerprint density at radius 1 is 1.29 bits per heavy atom. The fourth-order valence-corrected chi connectivity index (χ4v) is 3.57. The molecule has 0 bridgehead atoms. The number of hydrogen-bond acceptors (Lipinski definition) is 3. The van der Waals surface area contributed by atoms with Crippen molar-refractivity contribution >= 4 is 29.2 Å². The number of allylic oxidation sites excluding steroid dienone is 2. The lowest BCUT2D eigenvalue weighted by Gasteiger charge is -2.12. The maximum absolute atomic E-state index is 6.01. The van der Waals surface area contributed by atoms with Crippen molar-refractivity contribution in [2.45, 2.75) is 19.3 Å². The molecule has 0 spiro atoms. The molecule has 1 aliphatic carbocycles. The van der Waals surface area contributed by atoms with Gasteiger partial charge < -0.3 is 0 Å². The first kappa shape index (κ1) is 16.9. The molecule has 3 rings (SSSR count). The molecule has 0 fully saturated rings. The topological polar surface area (TPSA) is 29.6 Å². The normalized spacial score (nSPS) is 18.4. The number of aromatic nitrogens is 1. The van der Waals surface area contributed by atoms with Crippen LogP contribution in [0.1, 0.15) is 19.3 Å². The average Bonchev–Trinajstić information content (AvgIpc) is 3.02. The molecule has 124 valence electrons. The molecular formula is C19H20ClN3S. The third kappa shape index (κ3) is 4.13.